The quantitative estimate of drug-likeness (QED) is 0.392. The smallest absolute Gasteiger partial charge is 0.258 e. The molecular formula is C16H13N4O3S2+. The van der Waals surface area contributed by atoms with Crippen LogP contribution in [-0.4, -0.2) is 21.1 Å². The highest BCUT2D eigenvalue weighted by Crippen LogP contribution is 2.27. The van der Waals surface area contributed by atoms with Crippen LogP contribution in [0.1, 0.15) is 16.0 Å². The number of nitro benzene ring substituents is 1. The predicted molar refractivity (Wildman–Crippen MR) is 97.9 cm³/mol. The lowest BCUT2D eigenvalue weighted by atomic mass is 10.1. The number of fused-ring (bicyclic) bond motifs is 2. The average Bonchev–Trinajstić information content (AvgIpc) is 2.89. The van der Waals surface area contributed by atoms with E-state index in [0.29, 0.717) is 22.0 Å². The number of aromatic nitrogens is 2. The van der Waals surface area contributed by atoms with E-state index >= 15 is 0 Å². The molecule has 9 heteroatoms. The van der Waals surface area contributed by atoms with Gasteiger partial charge in [0.2, 0.25) is 0 Å². The zero-order valence-electron chi connectivity index (χ0n) is 13.4. The normalized spacial score (nSPS) is 13.6. The summed E-state index contributed by atoms with van der Waals surface area (Å²) in [5.41, 5.74) is 2.35. The number of hydrogen-bond donors (Lipinski definition) is 0. The van der Waals surface area contributed by atoms with Crippen LogP contribution >= 0.6 is 23.1 Å². The highest BCUT2D eigenvalue weighted by atomic mass is 32.2. The van der Waals surface area contributed by atoms with Crippen molar-refractivity contribution in [2.24, 2.45) is 5.10 Å². The van der Waals surface area contributed by atoms with E-state index in [0.717, 1.165) is 20.8 Å². The number of non-ortho nitro benzene ring substituents is 1. The number of nitrogens with zero attached hydrogens (tertiary/aromatic N) is 3. The van der Waals surface area contributed by atoms with Gasteiger partial charge in [0.1, 0.15) is 11.1 Å². The Morgan fingerprint density at radius 2 is 2.00 bits per heavy atom. The van der Waals surface area contributed by atoms with Crippen LogP contribution in [0, 0.1) is 24.0 Å². The van der Waals surface area contributed by atoms with Gasteiger partial charge in [-0.05, 0) is 43.3 Å². The van der Waals surface area contributed by atoms with Crippen LogP contribution in [0.4, 0.5) is 5.69 Å². The number of thioether (sulfide) groups is 1. The molecule has 1 N–H and O–H groups in total. The van der Waals surface area contributed by atoms with Crippen LogP contribution in [0.25, 0.3) is 10.2 Å². The second-order valence-corrected chi connectivity index (χ2v) is 7.86. The summed E-state index contributed by atoms with van der Waals surface area (Å²) in [4.78, 5) is 28.5. The van der Waals surface area contributed by atoms with Crippen LogP contribution in [0.3, 0.4) is 0 Å². The lowest BCUT2D eigenvalue weighted by Gasteiger charge is -2.10. The van der Waals surface area contributed by atoms with E-state index in [1.807, 2.05) is 13.8 Å². The third-order valence-corrected chi connectivity index (χ3v) is 6.27. The van der Waals surface area contributed by atoms with Crippen LogP contribution in [0.2, 0.25) is 0 Å². The van der Waals surface area contributed by atoms with Crippen molar-refractivity contribution in [1.29, 1.82) is 0 Å². The topological polar surface area (TPSA) is 91.6 Å². The van der Waals surface area contributed by atoms with Crippen LogP contribution in [-0.2, 0) is 0 Å². The molecule has 0 aliphatic carbocycles. The fraction of sp³-hybridized carbons (Fsp3) is 0.188. The van der Waals surface area contributed by atoms with Gasteiger partial charge in [0.25, 0.3) is 5.69 Å². The molecule has 0 bridgehead atoms. The molecule has 1 aromatic carbocycles. The number of H-pyrrole nitrogens is 1. The van der Waals surface area contributed by atoms with Crippen molar-refractivity contribution in [2.45, 2.75) is 19.0 Å². The second kappa shape index (κ2) is 5.78. The summed E-state index contributed by atoms with van der Waals surface area (Å²) in [5, 5.41) is 16.6. The summed E-state index contributed by atoms with van der Waals surface area (Å²) in [6.07, 6.45) is 0. The predicted octanol–water partition coefficient (Wildman–Crippen LogP) is 2.76. The first-order chi connectivity index (χ1) is 12.0. The summed E-state index contributed by atoms with van der Waals surface area (Å²) in [6, 6.07) is 6.22. The number of thiophene rings is 1. The Morgan fingerprint density at radius 1 is 1.28 bits per heavy atom. The minimum Gasteiger partial charge on any atom is -0.258 e. The van der Waals surface area contributed by atoms with Gasteiger partial charge in [-0.15, -0.1) is 0 Å². The first kappa shape index (κ1) is 16.0. The Balaban J connectivity index is 1.85. The van der Waals surface area contributed by atoms with Crippen molar-refractivity contribution in [2.75, 3.05) is 5.75 Å². The van der Waals surface area contributed by atoms with Crippen LogP contribution in [0.5, 0.6) is 0 Å². The van der Waals surface area contributed by atoms with Gasteiger partial charge in [-0.25, -0.2) is 9.78 Å². The van der Waals surface area contributed by atoms with Crippen molar-refractivity contribution in [3.63, 3.8) is 0 Å². The standard InChI is InChI=1S/C16H12N4O3S2/c1-8-9(2)25-14-13(8)15(21)19-16(17-14)24-7-12(18-19)10-3-5-11(6-4-10)20(22)23/h3-6H,7H2,1-2H3/p+1. The largest absolute Gasteiger partial charge is 0.372 e. The SMILES string of the molecule is Cc1sc2[nH+]c3n(c(=O)c2c1C)N=C(c1ccc([N+](=O)[O-])cc1)CS3. The molecule has 0 radical (unpaired) electrons. The van der Waals surface area contributed by atoms with Gasteiger partial charge >= 0.3 is 10.7 Å². The summed E-state index contributed by atoms with van der Waals surface area (Å²) >= 11 is 3.07. The lowest BCUT2D eigenvalue weighted by Crippen LogP contribution is -2.31. The maximum absolute atomic E-state index is 12.9. The van der Waals surface area contributed by atoms with Gasteiger partial charge < -0.3 is 0 Å². The van der Waals surface area contributed by atoms with Crippen LogP contribution < -0.4 is 10.5 Å². The second-order valence-electron chi connectivity index (χ2n) is 5.67. The fourth-order valence-corrected chi connectivity index (χ4v) is 4.75. The van der Waals surface area contributed by atoms with Gasteiger partial charge in [-0.2, -0.15) is 0 Å². The highest BCUT2D eigenvalue weighted by Gasteiger charge is 2.27. The van der Waals surface area contributed by atoms with E-state index in [4.69, 9.17) is 0 Å². The molecule has 2 aromatic heterocycles. The van der Waals surface area contributed by atoms with E-state index in [2.05, 4.69) is 10.1 Å². The lowest BCUT2D eigenvalue weighted by molar-refractivity contribution is -0.404. The van der Waals surface area contributed by atoms with E-state index < -0.39 is 4.92 Å². The molecule has 0 unspecified atom stereocenters. The Morgan fingerprint density at radius 3 is 2.68 bits per heavy atom. The molecular weight excluding hydrogens is 360 g/mol. The summed E-state index contributed by atoms with van der Waals surface area (Å²) in [7, 11) is 0. The van der Waals surface area contributed by atoms with Crippen molar-refractivity contribution < 1.29 is 9.91 Å². The first-order valence-electron chi connectivity index (χ1n) is 7.49. The number of aryl methyl sites for hydroxylation is 2. The molecule has 0 saturated heterocycles. The molecule has 3 aromatic rings. The van der Waals surface area contributed by atoms with Crippen molar-refractivity contribution in [3.8, 4) is 0 Å². The summed E-state index contributed by atoms with van der Waals surface area (Å²) in [6.45, 7) is 3.93. The van der Waals surface area contributed by atoms with Crippen molar-refractivity contribution in [1.82, 2.24) is 4.68 Å². The van der Waals surface area contributed by atoms with Crippen molar-refractivity contribution >= 4 is 44.7 Å². The fourth-order valence-electron chi connectivity index (χ4n) is 2.71. The zero-order chi connectivity index (χ0) is 17.7. The maximum Gasteiger partial charge on any atom is 0.372 e. The number of rotatable bonds is 2. The summed E-state index contributed by atoms with van der Waals surface area (Å²) in [5.74, 6) is 0.586. The maximum atomic E-state index is 12.9. The minimum absolute atomic E-state index is 0.0322. The Hall–Kier alpha value is -2.52. The summed E-state index contributed by atoms with van der Waals surface area (Å²) < 4.78 is 1.40. The van der Waals surface area contributed by atoms with Crippen molar-refractivity contribution in [3.05, 3.63) is 60.7 Å². The Labute approximate surface area is 150 Å². The van der Waals surface area contributed by atoms with Crippen LogP contribution in [0.15, 0.2) is 39.3 Å². The molecule has 3 heterocycles. The number of nitro groups is 1. The molecule has 1 aliphatic rings. The first-order valence-corrected chi connectivity index (χ1v) is 9.29. The van der Waals surface area contributed by atoms with E-state index in [-0.39, 0.29) is 11.2 Å². The third kappa shape index (κ3) is 2.56. The van der Waals surface area contributed by atoms with Gasteiger partial charge in [-0.1, -0.05) is 21.1 Å². The van der Waals surface area contributed by atoms with Gasteiger partial charge in [0.15, 0.2) is 4.83 Å². The number of benzene rings is 1. The molecule has 0 amide bonds. The molecule has 0 saturated carbocycles. The molecule has 25 heavy (non-hydrogen) atoms. The average molecular weight is 373 g/mol. The monoisotopic (exact) mass is 373 g/mol. The Bertz CT molecular complexity index is 1110. The number of hydrogen-bond acceptors (Lipinski definition) is 6. The molecule has 0 spiro atoms. The van der Waals surface area contributed by atoms with Gasteiger partial charge in [-0.3, -0.25) is 10.1 Å². The molecule has 1 aliphatic heterocycles. The third-order valence-electron chi connectivity index (χ3n) is 4.18. The van der Waals surface area contributed by atoms with E-state index in [9.17, 15) is 14.9 Å². The zero-order valence-corrected chi connectivity index (χ0v) is 15.0. The molecule has 7 nitrogen and oxygen atoms in total. The molecule has 4 rings (SSSR count). The number of nitrogens with one attached hydrogen (secondary N) is 1. The number of aromatic amines is 1. The van der Waals surface area contributed by atoms with E-state index in [1.165, 1.54) is 28.6 Å². The Kier molecular flexibility index (Phi) is 3.69. The molecule has 0 fully saturated rings. The minimum atomic E-state index is -0.436. The molecule has 0 atom stereocenters. The molecule has 126 valence electrons. The van der Waals surface area contributed by atoms with E-state index in [1.54, 1.807) is 23.5 Å². The highest BCUT2D eigenvalue weighted by molar-refractivity contribution is 7.99. The van der Waals surface area contributed by atoms with Gasteiger partial charge in [0.05, 0.1) is 10.7 Å². The van der Waals surface area contributed by atoms with Gasteiger partial charge in [0, 0.05) is 22.6 Å².